The van der Waals surface area contributed by atoms with E-state index < -0.39 is 16.1 Å². The number of rotatable bonds is 10. The Morgan fingerprint density at radius 2 is 1.79 bits per heavy atom. The molecule has 1 aromatic rings. The largest absolute Gasteiger partial charge is 0.481 e. The Labute approximate surface area is 145 Å². The Balaban J connectivity index is 2.62. The van der Waals surface area contributed by atoms with Crippen LogP contribution in [0.2, 0.25) is 0 Å². The molecule has 0 aliphatic heterocycles. The van der Waals surface area contributed by atoms with Gasteiger partial charge in [-0.25, -0.2) is 13.1 Å². The molecule has 0 spiro atoms. The Bertz CT molecular complexity index is 612. The highest BCUT2D eigenvalue weighted by atomic mass is 32.2. The molecule has 0 bridgehead atoms. The molecule has 0 fully saturated rings. The molecule has 2 N–H and O–H groups in total. The number of ether oxygens (including phenoxy) is 1. The molecule has 0 aliphatic carbocycles. The van der Waals surface area contributed by atoms with Crippen molar-refractivity contribution >= 4 is 15.9 Å². The lowest BCUT2D eigenvalue weighted by Crippen LogP contribution is -2.38. The van der Waals surface area contributed by atoms with Crippen LogP contribution in [0.3, 0.4) is 0 Å². The van der Waals surface area contributed by atoms with E-state index in [9.17, 15) is 13.2 Å². The van der Waals surface area contributed by atoms with Crippen LogP contribution in [0.25, 0.3) is 0 Å². The van der Waals surface area contributed by atoms with Crippen LogP contribution in [-0.4, -0.2) is 33.5 Å². The first-order chi connectivity index (χ1) is 11.3. The predicted molar refractivity (Wildman–Crippen MR) is 94.5 cm³/mol. The molecule has 0 heterocycles. The zero-order valence-corrected chi connectivity index (χ0v) is 15.7. The van der Waals surface area contributed by atoms with E-state index in [2.05, 4.69) is 10.0 Å². The van der Waals surface area contributed by atoms with E-state index in [4.69, 9.17) is 4.74 Å². The third kappa shape index (κ3) is 6.88. The highest BCUT2D eigenvalue weighted by Gasteiger charge is 2.16. The van der Waals surface area contributed by atoms with Crippen molar-refractivity contribution in [3.05, 3.63) is 24.3 Å². The Kier molecular flexibility index (Phi) is 8.21. The SMILES string of the molecule is CCCCNS(=O)(=O)c1ccc(O[C@H](C)C(=O)NCC(C)C)cc1. The molecule has 1 rings (SSSR count). The van der Waals surface area contributed by atoms with Crippen molar-refractivity contribution in [3.63, 3.8) is 0 Å². The van der Waals surface area contributed by atoms with Gasteiger partial charge in [0.15, 0.2) is 6.10 Å². The summed E-state index contributed by atoms with van der Waals surface area (Å²) in [5.74, 6) is 0.627. The molecule has 0 aromatic heterocycles. The summed E-state index contributed by atoms with van der Waals surface area (Å²) in [5.41, 5.74) is 0. The molecule has 0 unspecified atom stereocenters. The lowest BCUT2D eigenvalue weighted by molar-refractivity contribution is -0.127. The van der Waals surface area contributed by atoms with Crippen LogP contribution in [0, 0.1) is 5.92 Å². The molecule has 1 aromatic carbocycles. The van der Waals surface area contributed by atoms with Gasteiger partial charge in [0.05, 0.1) is 4.90 Å². The summed E-state index contributed by atoms with van der Waals surface area (Å²) in [5, 5.41) is 2.80. The molecule has 0 radical (unpaired) electrons. The fourth-order valence-corrected chi connectivity index (χ4v) is 2.94. The van der Waals surface area contributed by atoms with E-state index in [0.717, 1.165) is 12.8 Å². The maximum absolute atomic E-state index is 12.1. The highest BCUT2D eigenvalue weighted by molar-refractivity contribution is 7.89. The lowest BCUT2D eigenvalue weighted by atomic mass is 10.2. The zero-order chi connectivity index (χ0) is 18.2. The number of unbranched alkanes of at least 4 members (excludes halogenated alkanes) is 1. The summed E-state index contributed by atoms with van der Waals surface area (Å²) >= 11 is 0. The summed E-state index contributed by atoms with van der Waals surface area (Å²) in [4.78, 5) is 12.1. The van der Waals surface area contributed by atoms with E-state index in [-0.39, 0.29) is 10.8 Å². The highest BCUT2D eigenvalue weighted by Crippen LogP contribution is 2.17. The van der Waals surface area contributed by atoms with Gasteiger partial charge in [-0.15, -0.1) is 0 Å². The number of sulfonamides is 1. The Morgan fingerprint density at radius 3 is 2.33 bits per heavy atom. The lowest BCUT2D eigenvalue weighted by Gasteiger charge is -2.16. The topological polar surface area (TPSA) is 84.5 Å². The molecule has 6 nitrogen and oxygen atoms in total. The average molecular weight is 356 g/mol. The Hall–Kier alpha value is -1.60. The van der Waals surface area contributed by atoms with E-state index in [1.165, 1.54) is 12.1 Å². The number of carbonyl (C=O) groups excluding carboxylic acids is 1. The second-order valence-electron chi connectivity index (χ2n) is 6.12. The second-order valence-corrected chi connectivity index (χ2v) is 7.89. The maximum Gasteiger partial charge on any atom is 0.260 e. The van der Waals surface area contributed by atoms with Gasteiger partial charge in [-0.05, 0) is 43.5 Å². The quantitative estimate of drug-likeness (QED) is 0.630. The molecule has 24 heavy (non-hydrogen) atoms. The van der Waals surface area contributed by atoms with Crippen molar-refractivity contribution in [1.29, 1.82) is 0 Å². The van der Waals surface area contributed by atoms with Gasteiger partial charge in [-0.2, -0.15) is 0 Å². The fourth-order valence-electron chi connectivity index (χ4n) is 1.87. The Morgan fingerprint density at radius 1 is 1.17 bits per heavy atom. The molecule has 136 valence electrons. The summed E-state index contributed by atoms with van der Waals surface area (Å²) in [6.07, 6.45) is 1.07. The van der Waals surface area contributed by atoms with Crippen molar-refractivity contribution < 1.29 is 17.9 Å². The first kappa shape index (κ1) is 20.4. The predicted octanol–water partition coefficient (Wildman–Crippen LogP) is 2.30. The van der Waals surface area contributed by atoms with E-state index in [1.54, 1.807) is 19.1 Å². The number of amides is 1. The fraction of sp³-hybridized carbons (Fsp3) is 0.588. The molecule has 0 saturated carbocycles. The van der Waals surface area contributed by atoms with Crippen LogP contribution in [0.15, 0.2) is 29.2 Å². The number of nitrogens with one attached hydrogen (secondary N) is 2. The summed E-state index contributed by atoms with van der Waals surface area (Å²) in [7, 11) is -3.50. The smallest absolute Gasteiger partial charge is 0.260 e. The van der Waals surface area contributed by atoms with E-state index in [1.807, 2.05) is 20.8 Å². The summed E-state index contributed by atoms with van der Waals surface area (Å²) < 4.78 is 32.3. The van der Waals surface area contributed by atoms with Gasteiger partial charge >= 0.3 is 0 Å². The normalized spacial score (nSPS) is 12.9. The van der Waals surface area contributed by atoms with E-state index in [0.29, 0.717) is 24.8 Å². The third-order valence-electron chi connectivity index (χ3n) is 3.32. The number of carbonyl (C=O) groups is 1. The molecule has 0 aliphatic rings. The van der Waals surface area contributed by atoms with Crippen LogP contribution < -0.4 is 14.8 Å². The van der Waals surface area contributed by atoms with Gasteiger partial charge in [0.2, 0.25) is 10.0 Å². The third-order valence-corrected chi connectivity index (χ3v) is 4.80. The van der Waals surface area contributed by atoms with Crippen LogP contribution >= 0.6 is 0 Å². The number of hydrogen-bond donors (Lipinski definition) is 2. The summed E-state index contributed by atoms with van der Waals surface area (Å²) in [6.45, 7) is 8.70. The minimum atomic E-state index is -3.50. The first-order valence-electron chi connectivity index (χ1n) is 8.30. The second kappa shape index (κ2) is 9.64. The minimum absolute atomic E-state index is 0.183. The van der Waals surface area contributed by atoms with Crippen molar-refractivity contribution in [3.8, 4) is 5.75 Å². The van der Waals surface area contributed by atoms with E-state index >= 15 is 0 Å². The van der Waals surface area contributed by atoms with Gasteiger partial charge in [-0.1, -0.05) is 27.2 Å². The van der Waals surface area contributed by atoms with Crippen LogP contribution in [0.5, 0.6) is 5.75 Å². The van der Waals surface area contributed by atoms with Crippen molar-refractivity contribution in [2.24, 2.45) is 5.92 Å². The van der Waals surface area contributed by atoms with Gasteiger partial charge in [0.25, 0.3) is 5.91 Å². The molecule has 1 amide bonds. The molecule has 1 atom stereocenters. The average Bonchev–Trinajstić information content (AvgIpc) is 2.53. The van der Waals surface area contributed by atoms with Crippen LogP contribution in [0.4, 0.5) is 0 Å². The molecule has 0 saturated heterocycles. The number of benzene rings is 1. The minimum Gasteiger partial charge on any atom is -0.481 e. The first-order valence-corrected chi connectivity index (χ1v) is 9.78. The van der Waals surface area contributed by atoms with Crippen molar-refractivity contribution in [1.82, 2.24) is 10.0 Å². The van der Waals surface area contributed by atoms with Gasteiger partial charge in [-0.3, -0.25) is 4.79 Å². The monoisotopic (exact) mass is 356 g/mol. The zero-order valence-electron chi connectivity index (χ0n) is 14.8. The van der Waals surface area contributed by atoms with Gasteiger partial charge < -0.3 is 10.1 Å². The van der Waals surface area contributed by atoms with Crippen LogP contribution in [0.1, 0.15) is 40.5 Å². The molecular weight excluding hydrogens is 328 g/mol. The maximum atomic E-state index is 12.1. The van der Waals surface area contributed by atoms with Crippen LogP contribution in [-0.2, 0) is 14.8 Å². The van der Waals surface area contributed by atoms with Crippen molar-refractivity contribution in [2.75, 3.05) is 13.1 Å². The van der Waals surface area contributed by atoms with Gasteiger partial charge in [0.1, 0.15) is 5.75 Å². The van der Waals surface area contributed by atoms with Gasteiger partial charge in [0, 0.05) is 13.1 Å². The number of hydrogen-bond acceptors (Lipinski definition) is 4. The van der Waals surface area contributed by atoms with Crippen molar-refractivity contribution in [2.45, 2.75) is 51.5 Å². The summed E-state index contributed by atoms with van der Waals surface area (Å²) in [6, 6.07) is 6.06. The molecule has 7 heteroatoms. The standard InChI is InChI=1S/C17H28N2O4S/c1-5-6-11-19-24(21,22)16-9-7-15(8-10-16)23-14(4)17(20)18-12-13(2)3/h7-10,13-14,19H,5-6,11-12H2,1-4H3,(H,18,20)/t14-/m1/s1. The molecular formula is C17H28N2O4S.